The van der Waals surface area contributed by atoms with Gasteiger partial charge in [-0.2, -0.15) is 13.1 Å². The number of carbonyl (C=O) groups excluding carboxylic acids is 1. The van der Waals surface area contributed by atoms with Gasteiger partial charge < -0.3 is 28.8 Å². The highest BCUT2D eigenvalue weighted by molar-refractivity contribution is 7.84. The monoisotopic (exact) mass is 846 g/mol. The third-order valence-electron chi connectivity index (χ3n) is 9.79. The fraction of sp³-hybridized carbons (Fsp3) is 0.424. The number of aryl methyl sites for hydroxylation is 1. The zero-order valence-electron chi connectivity index (χ0n) is 30.3. The summed E-state index contributed by atoms with van der Waals surface area (Å²) in [6.45, 7) is 6.60. The Morgan fingerprint density at radius 1 is 1.09 bits per heavy atom. The summed E-state index contributed by atoms with van der Waals surface area (Å²) in [5.41, 5.74) is -0.483. The molecular formula is C33H33F2N10O11PS. The summed E-state index contributed by atoms with van der Waals surface area (Å²) in [6.07, 6.45) is -6.88. The van der Waals surface area contributed by atoms with Crippen molar-refractivity contribution in [2.45, 2.75) is 50.0 Å². The second-order valence-corrected chi connectivity index (χ2v) is 16.4. The van der Waals surface area contributed by atoms with E-state index in [9.17, 15) is 22.6 Å². The van der Waals surface area contributed by atoms with Crippen molar-refractivity contribution in [2.75, 3.05) is 31.6 Å². The maximum atomic E-state index is 16.7. The molecule has 2 N–H and O–H groups in total. The second kappa shape index (κ2) is 15.6. The van der Waals surface area contributed by atoms with Gasteiger partial charge in [0.25, 0.3) is 11.5 Å². The average molecular weight is 847 g/mol. The minimum atomic E-state index is -4.83. The number of amides is 1. The second-order valence-electron chi connectivity index (χ2n) is 13.4. The van der Waals surface area contributed by atoms with Gasteiger partial charge in [0.15, 0.2) is 47.1 Å². The fourth-order valence-electron chi connectivity index (χ4n) is 6.86. The molecule has 3 aliphatic heterocycles. The number of hydrogen-bond acceptors (Lipinski definition) is 15. The minimum Gasteiger partial charge on any atom is -0.349 e. The molecule has 0 saturated carbocycles. The number of imidazole rings is 1. The number of ether oxygens (including phenoxy) is 2. The van der Waals surface area contributed by atoms with Crippen molar-refractivity contribution >= 4 is 52.0 Å². The molecule has 7 heterocycles. The number of rotatable bonds is 7. The molecular weight excluding hydrogens is 813 g/mol. The number of phosphoric ester groups is 1. The van der Waals surface area contributed by atoms with Crippen molar-refractivity contribution in [1.29, 1.82) is 0 Å². The Balaban J connectivity index is 1.11. The molecule has 1 amide bonds. The van der Waals surface area contributed by atoms with Crippen LogP contribution in [0.2, 0.25) is 0 Å². The van der Waals surface area contributed by atoms with Crippen LogP contribution in [0.25, 0.3) is 27.0 Å². The molecule has 306 valence electrons. The lowest BCUT2D eigenvalue weighted by molar-refractivity contribution is -0.0517. The van der Waals surface area contributed by atoms with Crippen molar-refractivity contribution in [3.05, 3.63) is 88.7 Å². The number of carbonyl (C=O) groups is 1. The van der Waals surface area contributed by atoms with Gasteiger partial charge in [0.2, 0.25) is 6.54 Å². The molecule has 25 heteroatoms. The van der Waals surface area contributed by atoms with E-state index in [2.05, 4.69) is 34.8 Å². The summed E-state index contributed by atoms with van der Waals surface area (Å²) >= 11 is 0. The number of hydrogen-bond donors (Lipinski definition) is 2. The molecule has 0 aliphatic carbocycles. The van der Waals surface area contributed by atoms with Gasteiger partial charge in [0, 0.05) is 31.3 Å². The van der Waals surface area contributed by atoms with Gasteiger partial charge in [0.05, 0.1) is 25.4 Å². The van der Waals surface area contributed by atoms with Gasteiger partial charge >= 0.3 is 18.1 Å². The zero-order valence-corrected chi connectivity index (χ0v) is 32.0. The Morgan fingerprint density at radius 2 is 1.86 bits per heavy atom. The Labute approximate surface area is 326 Å². The van der Waals surface area contributed by atoms with Gasteiger partial charge in [-0.25, -0.2) is 44.0 Å². The van der Waals surface area contributed by atoms with E-state index >= 15 is 8.78 Å². The van der Waals surface area contributed by atoms with Crippen LogP contribution in [0.1, 0.15) is 29.7 Å². The summed E-state index contributed by atoms with van der Waals surface area (Å²) in [7, 11) is -8.23. The van der Waals surface area contributed by atoms with Crippen molar-refractivity contribution in [1.82, 2.24) is 38.4 Å². The molecule has 21 nitrogen and oxygen atoms in total. The number of phosphoric acid groups is 1. The number of alkyl halides is 1. The van der Waals surface area contributed by atoms with Gasteiger partial charge in [0.1, 0.15) is 36.6 Å². The summed E-state index contributed by atoms with van der Waals surface area (Å²) in [5, 5.41) is 2.26. The number of nitrogens with zero attached hydrogens (tertiary/aromatic N) is 8. The summed E-state index contributed by atoms with van der Waals surface area (Å²) in [6, 6.07) is 8.28. The van der Waals surface area contributed by atoms with E-state index < -0.39 is 104 Å². The van der Waals surface area contributed by atoms with Crippen molar-refractivity contribution in [3.8, 4) is 0 Å². The van der Waals surface area contributed by atoms with Gasteiger partial charge in [-0.15, -0.1) is 0 Å². The Hall–Kier alpha value is -5.09. The van der Waals surface area contributed by atoms with Crippen LogP contribution < -0.4 is 15.6 Å². The van der Waals surface area contributed by atoms with Gasteiger partial charge in [-0.05, 0) is 12.1 Å². The fourth-order valence-corrected chi connectivity index (χ4v) is 9.24. The molecule has 4 aromatic heterocycles. The molecule has 3 aliphatic rings. The number of nitrogens with one attached hydrogen (secondary N) is 2. The minimum absolute atomic E-state index is 0.000821. The van der Waals surface area contributed by atoms with Crippen LogP contribution >= 0.6 is 7.82 Å². The van der Waals surface area contributed by atoms with Crippen LogP contribution in [-0.2, 0) is 49.1 Å². The molecule has 9 atom stereocenters. The highest BCUT2D eigenvalue weighted by Gasteiger charge is 2.53. The lowest BCUT2D eigenvalue weighted by Gasteiger charge is -2.26. The molecule has 5 aromatic rings. The summed E-state index contributed by atoms with van der Waals surface area (Å²) in [5.74, 6) is -2.35. The number of fused-ring (bicyclic) bond motifs is 5. The molecule has 1 aromatic carbocycles. The molecule has 8 rings (SSSR count). The maximum Gasteiger partial charge on any atom is 0.475 e. The first-order valence-electron chi connectivity index (χ1n) is 17.6. The van der Waals surface area contributed by atoms with Crippen LogP contribution in [0.15, 0.2) is 60.3 Å². The number of anilines is 1. The first-order valence-corrected chi connectivity index (χ1v) is 20.4. The highest BCUT2D eigenvalue weighted by Crippen LogP contribution is 2.55. The largest absolute Gasteiger partial charge is 0.475 e. The van der Waals surface area contributed by atoms with E-state index in [0.29, 0.717) is 5.56 Å². The lowest BCUT2D eigenvalue weighted by Crippen LogP contribution is -2.42. The molecule has 58 heavy (non-hydrogen) atoms. The molecule has 3 fully saturated rings. The molecule has 2 bridgehead atoms. The van der Waals surface area contributed by atoms with E-state index in [1.165, 1.54) is 14.0 Å². The molecule has 3 saturated heterocycles. The zero-order chi connectivity index (χ0) is 40.9. The molecule has 1 unspecified atom stereocenters. The summed E-state index contributed by atoms with van der Waals surface area (Å²) < 4.78 is 114. The SMILES string of the molecule is [C-]#[N+]CCOP1(=O)OC[C@H]2O[C@@H](n3cc(F)c4c(=O)n(C)cnc43)[C@H](OS(=O)(=O)NC[C@H]3O[C@@H](n4cnc5c(NC(=O)c6ccccc6)ncnc54)[C@H](F)[C@@H]3O1)[C@@H]2C. The maximum absolute atomic E-state index is 16.7. The quantitative estimate of drug-likeness (QED) is 0.136. The predicted octanol–water partition coefficient (Wildman–Crippen LogP) is 2.41. The van der Waals surface area contributed by atoms with Crippen molar-refractivity contribution in [2.24, 2.45) is 13.0 Å². The average Bonchev–Trinajstić information content (AvgIpc) is 3.94. The first kappa shape index (κ1) is 39.7. The third-order valence-corrected chi connectivity index (χ3v) is 12.2. The van der Waals surface area contributed by atoms with E-state index in [4.69, 9.17) is 33.8 Å². The van der Waals surface area contributed by atoms with E-state index in [-0.39, 0.29) is 34.6 Å². The number of halogens is 2. The Morgan fingerprint density at radius 3 is 2.64 bits per heavy atom. The van der Waals surface area contributed by atoms with E-state index in [0.717, 1.165) is 38.9 Å². The van der Waals surface area contributed by atoms with Crippen LogP contribution in [0, 0.1) is 18.3 Å². The molecule has 0 spiro atoms. The predicted molar refractivity (Wildman–Crippen MR) is 194 cm³/mol. The van der Waals surface area contributed by atoms with E-state index in [1.807, 2.05) is 0 Å². The summed E-state index contributed by atoms with van der Waals surface area (Å²) in [4.78, 5) is 45.6. The van der Waals surface area contributed by atoms with Gasteiger partial charge in [-0.1, -0.05) is 25.1 Å². The highest BCUT2D eigenvalue weighted by atomic mass is 32.2. The number of benzene rings is 1. The van der Waals surface area contributed by atoms with Crippen LogP contribution in [0.3, 0.4) is 0 Å². The van der Waals surface area contributed by atoms with Crippen LogP contribution in [0.4, 0.5) is 14.6 Å². The Bertz CT molecular complexity index is 2640. The van der Waals surface area contributed by atoms with Crippen LogP contribution in [-0.4, -0.2) is 105 Å². The van der Waals surface area contributed by atoms with Crippen LogP contribution in [0.5, 0.6) is 0 Å². The topological polar surface area (TPSA) is 235 Å². The van der Waals surface area contributed by atoms with Crippen molar-refractivity contribution in [3.63, 3.8) is 0 Å². The molecule has 0 radical (unpaired) electrons. The third kappa shape index (κ3) is 7.40. The smallest absolute Gasteiger partial charge is 0.349 e. The van der Waals surface area contributed by atoms with Gasteiger partial charge in [-0.3, -0.25) is 27.7 Å². The standard InChI is InChI=1S/C33H33F2N10O11PS/c1-17-21-13-52-57(48,51-10-9-36-2)55-26-20(11-41-58(49,50)56-25(17)33(54-21)44-12-19(34)22-28(44)40-15-43(3)31(22)47)53-32(23(26)35)45-16-39-24-27(37-14-38-29(24)45)42-30(46)18-7-5-4-6-8-18/h4-8,12,14-17,20-21,23,25-26,32-33,41H,9-11,13H2,1,3H3,(H,37,38,42,46)/t17-,20-,21-,23-,25-,26-,32-,33-,57?/m1/s1. The normalized spacial score (nSPS) is 29.9. The van der Waals surface area contributed by atoms with E-state index in [1.54, 1.807) is 30.3 Å². The van der Waals surface area contributed by atoms with Crippen molar-refractivity contribution < 1.29 is 53.8 Å². The first-order chi connectivity index (χ1) is 27.8. The lowest BCUT2D eigenvalue weighted by atomic mass is 10.0. The number of aromatic nitrogens is 7. The Kier molecular flexibility index (Phi) is 10.7.